The minimum atomic E-state index is -4.44. The molecule has 152 valence electrons. The second-order valence-corrected chi connectivity index (χ2v) is 8.84. The lowest BCUT2D eigenvalue weighted by Crippen LogP contribution is -2.27. The first-order valence-corrected chi connectivity index (χ1v) is 9.79. The van der Waals surface area contributed by atoms with Gasteiger partial charge in [-0.15, -0.1) is 0 Å². The second-order valence-electron chi connectivity index (χ2n) is 6.28. The maximum Gasteiger partial charge on any atom is 0.416 e. The number of carbonyl (C=O) groups excluding carboxylic acids is 1. The largest absolute Gasteiger partial charge is 0.416 e. The number of nitrogens with zero attached hydrogens (tertiary/aromatic N) is 2. The molecule has 1 amide bonds. The van der Waals surface area contributed by atoms with Crippen LogP contribution < -0.4 is 0 Å². The summed E-state index contributed by atoms with van der Waals surface area (Å²) in [4.78, 5) is 13.9. The Morgan fingerprint density at radius 2 is 1.61 bits per heavy atom. The van der Waals surface area contributed by atoms with Gasteiger partial charge in [0.15, 0.2) is 0 Å². The number of amides is 1. The number of hydrogen-bond acceptors (Lipinski definition) is 3. The van der Waals surface area contributed by atoms with E-state index in [1.807, 2.05) is 0 Å². The van der Waals surface area contributed by atoms with Crippen LogP contribution >= 0.6 is 11.6 Å². The van der Waals surface area contributed by atoms with E-state index in [-0.39, 0.29) is 22.0 Å². The Balaban J connectivity index is 2.26. The smallest absolute Gasteiger partial charge is 0.337 e. The second kappa shape index (κ2) is 8.10. The average Bonchev–Trinajstić information content (AvgIpc) is 2.60. The number of sulfonamides is 1. The normalized spacial score (nSPS) is 12.3. The summed E-state index contributed by atoms with van der Waals surface area (Å²) in [5, 5.41) is 0.0713. The van der Waals surface area contributed by atoms with Crippen molar-refractivity contribution in [2.45, 2.75) is 17.6 Å². The predicted octanol–water partition coefficient (Wildman–Crippen LogP) is 3.88. The lowest BCUT2D eigenvalue weighted by molar-refractivity contribution is -0.137. The van der Waals surface area contributed by atoms with E-state index >= 15 is 0 Å². The maximum atomic E-state index is 12.7. The number of alkyl halides is 3. The molecular formula is C18H18ClF3N2O3S. The molecule has 2 rings (SSSR count). The summed E-state index contributed by atoms with van der Waals surface area (Å²) in [6.45, 7) is 0.0258. The lowest BCUT2D eigenvalue weighted by Gasteiger charge is -2.19. The van der Waals surface area contributed by atoms with Crippen molar-refractivity contribution in [3.05, 3.63) is 64.2 Å². The van der Waals surface area contributed by atoms with Crippen LogP contribution in [0.5, 0.6) is 0 Å². The van der Waals surface area contributed by atoms with Crippen molar-refractivity contribution in [2.24, 2.45) is 0 Å². The van der Waals surface area contributed by atoms with Gasteiger partial charge in [0, 0.05) is 27.7 Å². The van der Waals surface area contributed by atoms with Crippen LogP contribution in [-0.2, 0) is 22.7 Å². The average molecular weight is 435 g/mol. The molecule has 5 nitrogen and oxygen atoms in total. The van der Waals surface area contributed by atoms with Gasteiger partial charge >= 0.3 is 6.18 Å². The summed E-state index contributed by atoms with van der Waals surface area (Å²) in [7, 11) is 0.419. The lowest BCUT2D eigenvalue weighted by atomic mass is 10.1. The standard InChI is InChI=1S/C18H18ClF3N2O3S/c1-23(2)28(26,27)14-8-9-16(19)15(10-14)17(25)24(3)11-12-4-6-13(7-5-12)18(20,21)22/h4-10H,11H2,1-3H3. The molecule has 0 atom stereocenters. The summed E-state index contributed by atoms with van der Waals surface area (Å²) in [5.41, 5.74) is -0.314. The van der Waals surface area contributed by atoms with E-state index in [0.717, 1.165) is 16.4 Å². The van der Waals surface area contributed by atoms with Gasteiger partial charge in [0.1, 0.15) is 0 Å². The number of benzene rings is 2. The third kappa shape index (κ3) is 4.84. The highest BCUT2D eigenvalue weighted by molar-refractivity contribution is 7.89. The van der Waals surface area contributed by atoms with E-state index in [0.29, 0.717) is 5.56 Å². The van der Waals surface area contributed by atoms with Crippen molar-refractivity contribution >= 4 is 27.5 Å². The molecule has 0 aromatic heterocycles. The fourth-order valence-corrected chi connectivity index (χ4v) is 3.52. The van der Waals surface area contributed by atoms with Crippen LogP contribution in [0.4, 0.5) is 13.2 Å². The van der Waals surface area contributed by atoms with Gasteiger partial charge in [0.2, 0.25) is 10.0 Å². The van der Waals surface area contributed by atoms with Gasteiger partial charge in [0.25, 0.3) is 5.91 Å². The Hall–Kier alpha value is -2.10. The molecule has 28 heavy (non-hydrogen) atoms. The molecule has 0 saturated heterocycles. The first-order valence-electron chi connectivity index (χ1n) is 7.97. The van der Waals surface area contributed by atoms with Crippen LogP contribution in [0.25, 0.3) is 0 Å². The summed E-state index contributed by atoms with van der Waals surface area (Å²) >= 11 is 6.06. The highest BCUT2D eigenvalue weighted by atomic mass is 35.5. The zero-order valence-corrected chi connectivity index (χ0v) is 16.9. The number of carbonyl (C=O) groups is 1. The Kier molecular flexibility index (Phi) is 6.42. The van der Waals surface area contributed by atoms with Gasteiger partial charge in [-0.1, -0.05) is 23.7 Å². The van der Waals surface area contributed by atoms with Crippen LogP contribution in [0.2, 0.25) is 5.02 Å². The third-order valence-corrected chi connectivity index (χ3v) is 6.14. The maximum absolute atomic E-state index is 12.7. The minimum absolute atomic E-state index is 0.0148. The molecular weight excluding hydrogens is 417 g/mol. The first kappa shape index (κ1) is 22.2. The van der Waals surface area contributed by atoms with Gasteiger partial charge in [-0.25, -0.2) is 12.7 Å². The molecule has 0 saturated carbocycles. The molecule has 2 aromatic carbocycles. The SMILES string of the molecule is CN(Cc1ccc(C(F)(F)F)cc1)C(=O)c1cc(S(=O)(=O)N(C)C)ccc1Cl. The molecule has 0 heterocycles. The molecule has 0 aliphatic rings. The van der Waals surface area contributed by atoms with Crippen molar-refractivity contribution < 1.29 is 26.4 Å². The van der Waals surface area contributed by atoms with Crippen LogP contribution in [0.1, 0.15) is 21.5 Å². The summed E-state index contributed by atoms with van der Waals surface area (Å²) in [5.74, 6) is -0.555. The molecule has 0 spiro atoms. The topological polar surface area (TPSA) is 57.7 Å². The van der Waals surface area contributed by atoms with Gasteiger partial charge < -0.3 is 4.90 Å². The van der Waals surface area contributed by atoms with Crippen LogP contribution in [0, 0.1) is 0 Å². The summed E-state index contributed by atoms with van der Waals surface area (Å²) in [6, 6.07) is 8.22. The van der Waals surface area contributed by atoms with E-state index in [2.05, 4.69) is 0 Å². The molecule has 0 N–H and O–H groups in total. The highest BCUT2D eigenvalue weighted by Gasteiger charge is 2.30. The Morgan fingerprint density at radius 3 is 2.11 bits per heavy atom. The number of hydrogen-bond donors (Lipinski definition) is 0. The van der Waals surface area contributed by atoms with Crippen molar-refractivity contribution in [3.63, 3.8) is 0 Å². The molecule has 10 heteroatoms. The zero-order valence-electron chi connectivity index (χ0n) is 15.3. The number of rotatable bonds is 5. The van der Waals surface area contributed by atoms with E-state index in [1.54, 1.807) is 0 Å². The molecule has 0 radical (unpaired) electrons. The van der Waals surface area contributed by atoms with Crippen molar-refractivity contribution in [1.82, 2.24) is 9.21 Å². The molecule has 0 fully saturated rings. The van der Waals surface area contributed by atoms with Gasteiger partial charge in [0.05, 0.1) is 21.0 Å². The van der Waals surface area contributed by atoms with Crippen LogP contribution in [0.3, 0.4) is 0 Å². The quantitative estimate of drug-likeness (QED) is 0.717. The monoisotopic (exact) mass is 434 g/mol. The minimum Gasteiger partial charge on any atom is -0.337 e. The van der Waals surface area contributed by atoms with Crippen LogP contribution in [-0.4, -0.2) is 44.7 Å². The van der Waals surface area contributed by atoms with E-state index < -0.39 is 27.7 Å². The van der Waals surface area contributed by atoms with Gasteiger partial charge in [-0.05, 0) is 35.9 Å². The van der Waals surface area contributed by atoms with Crippen molar-refractivity contribution in [2.75, 3.05) is 21.1 Å². The molecule has 0 aliphatic carbocycles. The first-order chi connectivity index (χ1) is 12.8. The fourth-order valence-electron chi connectivity index (χ4n) is 2.39. The zero-order chi connectivity index (χ0) is 21.3. The Bertz CT molecular complexity index is 975. The summed E-state index contributed by atoms with van der Waals surface area (Å²) in [6.07, 6.45) is -4.44. The van der Waals surface area contributed by atoms with Gasteiger partial charge in [-0.3, -0.25) is 4.79 Å². The van der Waals surface area contributed by atoms with Crippen molar-refractivity contribution in [3.8, 4) is 0 Å². The Morgan fingerprint density at radius 1 is 1.04 bits per heavy atom. The third-order valence-electron chi connectivity index (χ3n) is 3.99. The van der Waals surface area contributed by atoms with E-state index in [1.165, 1.54) is 56.4 Å². The van der Waals surface area contributed by atoms with Crippen molar-refractivity contribution in [1.29, 1.82) is 0 Å². The predicted molar refractivity (Wildman–Crippen MR) is 99.6 cm³/mol. The molecule has 2 aromatic rings. The fraction of sp³-hybridized carbons (Fsp3) is 0.278. The van der Waals surface area contributed by atoms with E-state index in [9.17, 15) is 26.4 Å². The molecule has 0 unspecified atom stereocenters. The Labute approximate surface area is 166 Å². The van der Waals surface area contributed by atoms with Gasteiger partial charge in [-0.2, -0.15) is 13.2 Å². The van der Waals surface area contributed by atoms with E-state index in [4.69, 9.17) is 11.6 Å². The summed E-state index contributed by atoms with van der Waals surface area (Å²) < 4.78 is 63.4. The van der Waals surface area contributed by atoms with Crippen LogP contribution in [0.15, 0.2) is 47.4 Å². The molecule has 0 bridgehead atoms. The number of halogens is 4. The molecule has 0 aliphatic heterocycles. The highest BCUT2D eigenvalue weighted by Crippen LogP contribution is 2.29.